The molecule has 2 amide bonds. The molecule has 0 aliphatic rings. The van der Waals surface area contributed by atoms with Crippen LogP contribution in [0.5, 0.6) is 0 Å². The minimum atomic E-state index is -0.320. The molecule has 8 heteroatoms. The van der Waals surface area contributed by atoms with Gasteiger partial charge in [-0.05, 0) is 66.1 Å². The van der Waals surface area contributed by atoms with Crippen molar-refractivity contribution in [2.75, 3.05) is 32.1 Å². The Morgan fingerprint density at radius 1 is 0.865 bits per heavy atom. The van der Waals surface area contributed by atoms with E-state index >= 15 is 0 Å². The van der Waals surface area contributed by atoms with Crippen molar-refractivity contribution >= 4 is 39.3 Å². The van der Waals surface area contributed by atoms with Gasteiger partial charge in [0.25, 0.3) is 5.91 Å². The van der Waals surface area contributed by atoms with Crippen molar-refractivity contribution in [3.8, 4) is 11.1 Å². The Morgan fingerprint density at radius 3 is 2.38 bits per heavy atom. The van der Waals surface area contributed by atoms with Gasteiger partial charge in [0.05, 0.1) is 6.54 Å². The van der Waals surface area contributed by atoms with Crippen LogP contribution >= 0.6 is 0 Å². The summed E-state index contributed by atoms with van der Waals surface area (Å²) in [5.74, 6) is -0.907. The van der Waals surface area contributed by atoms with E-state index in [1.165, 1.54) is 12.1 Å². The number of nitrogens with zero attached hydrogens (tertiary/aromatic N) is 1. The number of aromatic nitrogens is 2. The zero-order valence-corrected chi connectivity index (χ0v) is 20.7. The van der Waals surface area contributed by atoms with Gasteiger partial charge in [-0.1, -0.05) is 12.1 Å². The zero-order valence-electron chi connectivity index (χ0n) is 20.7. The number of amides is 2. The summed E-state index contributed by atoms with van der Waals surface area (Å²) in [6.45, 7) is 0.245. The number of hydrogen-bond acceptors (Lipinski definition) is 3. The Labute approximate surface area is 213 Å². The first-order valence-electron chi connectivity index (χ1n) is 12.1. The summed E-state index contributed by atoms with van der Waals surface area (Å²) in [6, 6.07) is 18.2. The molecule has 0 saturated carbocycles. The molecule has 3 aromatic carbocycles. The third-order valence-corrected chi connectivity index (χ3v) is 6.49. The SMILES string of the molecule is CN(C)c1ccc(-c2c[nH]c3ccc(C(=O)NCC(=O)NCCc4c[nH]c5ccc(F)cc45)cc23)cc1. The summed E-state index contributed by atoms with van der Waals surface area (Å²) >= 11 is 0. The smallest absolute Gasteiger partial charge is 0.251 e. The Kier molecular flexibility index (Phi) is 6.64. The molecule has 5 aromatic rings. The highest BCUT2D eigenvalue weighted by Crippen LogP contribution is 2.30. The molecule has 7 nitrogen and oxygen atoms in total. The van der Waals surface area contributed by atoms with Gasteiger partial charge in [-0.3, -0.25) is 9.59 Å². The normalized spacial score (nSPS) is 11.1. The molecule has 4 N–H and O–H groups in total. The molecule has 0 unspecified atom stereocenters. The van der Waals surface area contributed by atoms with Crippen LogP contribution in [-0.4, -0.2) is 49.0 Å². The maximum absolute atomic E-state index is 13.6. The summed E-state index contributed by atoms with van der Waals surface area (Å²) in [4.78, 5) is 33.5. The molecule has 0 fully saturated rings. The lowest BCUT2D eigenvalue weighted by Crippen LogP contribution is -2.37. The van der Waals surface area contributed by atoms with Crippen molar-refractivity contribution in [1.82, 2.24) is 20.6 Å². The predicted octanol–water partition coefficient (Wildman–Crippen LogP) is 4.61. The lowest BCUT2D eigenvalue weighted by atomic mass is 10.0. The Hall–Kier alpha value is -4.59. The van der Waals surface area contributed by atoms with Crippen molar-refractivity contribution in [3.63, 3.8) is 0 Å². The van der Waals surface area contributed by atoms with E-state index in [9.17, 15) is 14.0 Å². The third-order valence-electron chi connectivity index (χ3n) is 6.49. The lowest BCUT2D eigenvalue weighted by molar-refractivity contribution is -0.120. The minimum Gasteiger partial charge on any atom is -0.378 e. The van der Waals surface area contributed by atoms with Crippen LogP contribution in [0.25, 0.3) is 32.9 Å². The number of hydrogen-bond donors (Lipinski definition) is 4. The van der Waals surface area contributed by atoms with Crippen LogP contribution in [0.4, 0.5) is 10.1 Å². The fourth-order valence-corrected chi connectivity index (χ4v) is 4.46. The highest BCUT2D eigenvalue weighted by Gasteiger charge is 2.13. The van der Waals surface area contributed by atoms with Crippen LogP contribution in [0.2, 0.25) is 0 Å². The first-order valence-corrected chi connectivity index (χ1v) is 12.1. The summed E-state index contributed by atoms with van der Waals surface area (Å²) in [7, 11) is 4.00. The Bertz CT molecular complexity index is 1580. The van der Waals surface area contributed by atoms with Gasteiger partial charge in [0, 0.05) is 71.7 Å². The van der Waals surface area contributed by atoms with Gasteiger partial charge in [-0.2, -0.15) is 0 Å². The molecule has 2 aromatic heterocycles. The molecule has 0 radical (unpaired) electrons. The topological polar surface area (TPSA) is 93.0 Å². The number of aromatic amines is 2. The molecule has 0 atom stereocenters. The summed E-state index contributed by atoms with van der Waals surface area (Å²) < 4.78 is 13.6. The van der Waals surface area contributed by atoms with Crippen LogP contribution in [-0.2, 0) is 11.2 Å². The fourth-order valence-electron chi connectivity index (χ4n) is 4.46. The quantitative estimate of drug-likeness (QED) is 0.252. The van der Waals surface area contributed by atoms with Crippen LogP contribution in [0.15, 0.2) is 73.1 Å². The standard InChI is InChI=1S/C29H28FN5O2/c1-35(2)22-7-3-18(4-8-22)25-16-33-27-9-5-19(13-24(25)27)29(37)34-17-28(36)31-12-11-20-15-32-26-10-6-21(30)14-23(20)26/h3-10,13-16,32-33H,11-12,17H2,1-2H3,(H,31,36)(H,34,37). The van der Waals surface area contributed by atoms with E-state index in [0.717, 1.165) is 44.2 Å². The second kappa shape index (κ2) is 10.2. The highest BCUT2D eigenvalue weighted by molar-refractivity contribution is 6.03. The third kappa shape index (κ3) is 5.18. The van der Waals surface area contributed by atoms with Gasteiger partial charge in [0.2, 0.25) is 5.91 Å². The van der Waals surface area contributed by atoms with Crippen LogP contribution in [0.3, 0.4) is 0 Å². The second-order valence-corrected chi connectivity index (χ2v) is 9.19. The average Bonchev–Trinajstić information content (AvgIpc) is 3.51. The van der Waals surface area contributed by atoms with Gasteiger partial charge in [-0.25, -0.2) is 4.39 Å². The average molecular weight is 498 g/mol. The number of carbonyl (C=O) groups is 2. The highest BCUT2D eigenvalue weighted by atomic mass is 19.1. The van der Waals surface area contributed by atoms with Crippen molar-refractivity contribution in [3.05, 3.63) is 90.0 Å². The monoisotopic (exact) mass is 497 g/mol. The summed E-state index contributed by atoms with van der Waals surface area (Å²) in [5.41, 5.74) is 6.34. The van der Waals surface area contributed by atoms with Gasteiger partial charge in [-0.15, -0.1) is 0 Å². The van der Waals surface area contributed by atoms with E-state index in [0.29, 0.717) is 18.5 Å². The molecule has 0 aliphatic heterocycles. The molecular formula is C29H28FN5O2. The van der Waals surface area contributed by atoms with Gasteiger partial charge >= 0.3 is 0 Å². The first-order chi connectivity index (χ1) is 17.9. The van der Waals surface area contributed by atoms with Gasteiger partial charge in [0.15, 0.2) is 0 Å². The van der Waals surface area contributed by atoms with Crippen molar-refractivity contribution < 1.29 is 14.0 Å². The predicted molar refractivity (Wildman–Crippen MR) is 145 cm³/mol. The van der Waals surface area contributed by atoms with E-state index in [1.807, 2.05) is 43.5 Å². The maximum Gasteiger partial charge on any atom is 0.251 e. The molecule has 0 bridgehead atoms. The fraction of sp³-hybridized carbons (Fsp3) is 0.172. The number of benzene rings is 3. The molecule has 5 rings (SSSR count). The number of nitrogens with one attached hydrogen (secondary N) is 4. The van der Waals surface area contributed by atoms with Crippen LogP contribution in [0, 0.1) is 5.82 Å². The number of anilines is 1. The Morgan fingerprint density at radius 2 is 1.59 bits per heavy atom. The van der Waals surface area contributed by atoms with Crippen LogP contribution in [0.1, 0.15) is 15.9 Å². The zero-order chi connectivity index (χ0) is 25.9. The first kappa shape index (κ1) is 24.1. The molecule has 188 valence electrons. The van der Waals surface area contributed by atoms with E-state index in [4.69, 9.17) is 0 Å². The van der Waals surface area contributed by atoms with Crippen LogP contribution < -0.4 is 15.5 Å². The van der Waals surface area contributed by atoms with Crippen molar-refractivity contribution in [1.29, 1.82) is 0 Å². The minimum absolute atomic E-state index is 0.134. The molecular weight excluding hydrogens is 469 g/mol. The number of carbonyl (C=O) groups excluding carboxylic acids is 2. The molecule has 37 heavy (non-hydrogen) atoms. The second-order valence-electron chi connectivity index (χ2n) is 9.19. The van der Waals surface area contributed by atoms with E-state index in [2.05, 4.69) is 44.9 Å². The molecule has 2 heterocycles. The summed E-state index contributed by atoms with van der Waals surface area (Å²) in [6.07, 6.45) is 4.30. The number of fused-ring (bicyclic) bond motifs is 2. The van der Waals surface area contributed by atoms with Gasteiger partial charge in [0.1, 0.15) is 5.82 Å². The summed E-state index contributed by atoms with van der Waals surface area (Å²) in [5, 5.41) is 7.24. The van der Waals surface area contributed by atoms with Crippen molar-refractivity contribution in [2.24, 2.45) is 0 Å². The van der Waals surface area contributed by atoms with E-state index in [1.54, 1.807) is 12.1 Å². The van der Waals surface area contributed by atoms with Crippen molar-refractivity contribution in [2.45, 2.75) is 6.42 Å². The maximum atomic E-state index is 13.6. The largest absolute Gasteiger partial charge is 0.378 e. The number of rotatable bonds is 8. The molecule has 0 aliphatic carbocycles. The lowest BCUT2D eigenvalue weighted by Gasteiger charge is -2.12. The van der Waals surface area contributed by atoms with E-state index < -0.39 is 0 Å². The number of H-pyrrole nitrogens is 2. The molecule has 0 saturated heterocycles. The van der Waals surface area contributed by atoms with E-state index in [-0.39, 0.29) is 24.2 Å². The van der Waals surface area contributed by atoms with Gasteiger partial charge < -0.3 is 25.5 Å². The number of halogens is 1. The Balaban J connectivity index is 1.19. The molecule has 0 spiro atoms.